The Hall–Kier alpha value is -3.50. The number of nitrogens with zero attached hydrogens (tertiary/aromatic N) is 4. The SMILES string of the molecule is CN(C)CCN(Cc1ccc(C#N)cc1)C(=O)C=Cc1cccc([N+](=O)[O-])c1. The summed E-state index contributed by atoms with van der Waals surface area (Å²) in [5, 5.41) is 19.8. The minimum atomic E-state index is -0.465. The number of rotatable bonds is 8. The molecule has 2 rings (SSSR count). The van der Waals surface area contributed by atoms with E-state index in [2.05, 4.69) is 6.07 Å². The second-order valence-corrected chi connectivity index (χ2v) is 6.56. The molecule has 28 heavy (non-hydrogen) atoms. The lowest BCUT2D eigenvalue weighted by molar-refractivity contribution is -0.384. The number of amides is 1. The molecule has 0 aliphatic rings. The van der Waals surface area contributed by atoms with E-state index in [4.69, 9.17) is 5.26 Å². The summed E-state index contributed by atoms with van der Waals surface area (Å²) in [7, 11) is 3.87. The lowest BCUT2D eigenvalue weighted by Gasteiger charge is -2.23. The van der Waals surface area contributed by atoms with Crippen molar-refractivity contribution in [1.82, 2.24) is 9.80 Å². The molecule has 7 nitrogen and oxygen atoms in total. The summed E-state index contributed by atoms with van der Waals surface area (Å²) in [5.41, 5.74) is 2.07. The van der Waals surface area contributed by atoms with Gasteiger partial charge >= 0.3 is 0 Å². The van der Waals surface area contributed by atoms with E-state index in [0.717, 1.165) is 5.56 Å². The van der Waals surface area contributed by atoms with Gasteiger partial charge in [0.25, 0.3) is 5.69 Å². The molecule has 0 bridgehead atoms. The largest absolute Gasteiger partial charge is 0.334 e. The summed E-state index contributed by atoms with van der Waals surface area (Å²) < 4.78 is 0. The summed E-state index contributed by atoms with van der Waals surface area (Å²) in [6.07, 6.45) is 3.01. The third kappa shape index (κ3) is 6.34. The van der Waals surface area contributed by atoms with Crippen LogP contribution in [0.5, 0.6) is 0 Å². The number of non-ortho nitro benzene ring substituents is 1. The molecule has 0 saturated carbocycles. The zero-order chi connectivity index (χ0) is 20.5. The Morgan fingerprint density at radius 3 is 2.50 bits per heavy atom. The zero-order valence-electron chi connectivity index (χ0n) is 15.9. The van der Waals surface area contributed by atoms with Gasteiger partial charge in [-0.15, -0.1) is 0 Å². The van der Waals surface area contributed by atoms with Gasteiger partial charge in [0.05, 0.1) is 16.6 Å². The van der Waals surface area contributed by atoms with Gasteiger partial charge in [0.1, 0.15) is 0 Å². The minimum absolute atomic E-state index is 0.0170. The molecule has 7 heteroatoms. The second-order valence-electron chi connectivity index (χ2n) is 6.56. The van der Waals surface area contributed by atoms with Gasteiger partial charge in [-0.2, -0.15) is 5.26 Å². The number of carbonyl (C=O) groups is 1. The van der Waals surface area contributed by atoms with Gasteiger partial charge in [-0.1, -0.05) is 24.3 Å². The van der Waals surface area contributed by atoms with E-state index in [0.29, 0.717) is 30.8 Å². The smallest absolute Gasteiger partial charge is 0.270 e. The fraction of sp³-hybridized carbons (Fsp3) is 0.238. The Morgan fingerprint density at radius 1 is 1.18 bits per heavy atom. The van der Waals surface area contributed by atoms with Gasteiger partial charge in [0, 0.05) is 37.8 Å². The van der Waals surface area contributed by atoms with Gasteiger partial charge in [-0.25, -0.2) is 0 Å². The molecule has 2 aromatic rings. The number of nitro benzene ring substituents is 1. The maximum atomic E-state index is 12.7. The Bertz CT molecular complexity index is 899. The highest BCUT2D eigenvalue weighted by molar-refractivity contribution is 5.91. The highest BCUT2D eigenvalue weighted by Gasteiger charge is 2.12. The Balaban J connectivity index is 2.14. The summed E-state index contributed by atoms with van der Waals surface area (Å²) >= 11 is 0. The van der Waals surface area contributed by atoms with Crippen LogP contribution in [0.2, 0.25) is 0 Å². The molecule has 2 aromatic carbocycles. The summed E-state index contributed by atoms with van der Waals surface area (Å²) in [6.45, 7) is 1.65. The van der Waals surface area contributed by atoms with Crippen LogP contribution in [0.15, 0.2) is 54.6 Å². The summed E-state index contributed by atoms with van der Waals surface area (Å²) in [4.78, 5) is 26.8. The number of hydrogen-bond donors (Lipinski definition) is 0. The van der Waals surface area contributed by atoms with Crippen molar-refractivity contribution in [2.45, 2.75) is 6.54 Å². The molecule has 0 saturated heterocycles. The zero-order valence-corrected chi connectivity index (χ0v) is 15.9. The van der Waals surface area contributed by atoms with Gasteiger partial charge in [-0.3, -0.25) is 14.9 Å². The molecule has 144 valence electrons. The third-order valence-corrected chi connectivity index (χ3v) is 4.08. The van der Waals surface area contributed by atoms with Crippen molar-refractivity contribution in [2.24, 2.45) is 0 Å². The number of carbonyl (C=O) groups excluding carboxylic acids is 1. The van der Waals surface area contributed by atoms with Crippen LogP contribution in [-0.2, 0) is 11.3 Å². The van der Waals surface area contributed by atoms with Crippen LogP contribution >= 0.6 is 0 Å². The molecule has 0 atom stereocenters. The van der Waals surface area contributed by atoms with Gasteiger partial charge < -0.3 is 9.80 Å². The number of hydrogen-bond acceptors (Lipinski definition) is 5. The average molecular weight is 378 g/mol. The van der Waals surface area contributed by atoms with Crippen LogP contribution in [0.3, 0.4) is 0 Å². The first-order valence-electron chi connectivity index (χ1n) is 8.74. The van der Waals surface area contributed by atoms with Gasteiger partial charge in [0.2, 0.25) is 5.91 Å². The van der Waals surface area contributed by atoms with Gasteiger partial charge in [0.15, 0.2) is 0 Å². The third-order valence-electron chi connectivity index (χ3n) is 4.08. The average Bonchev–Trinajstić information content (AvgIpc) is 2.69. The van der Waals surface area contributed by atoms with Crippen LogP contribution in [0.1, 0.15) is 16.7 Å². The molecule has 0 aliphatic heterocycles. The van der Waals surface area contributed by atoms with Gasteiger partial charge in [-0.05, 0) is 43.4 Å². The van der Waals surface area contributed by atoms with Crippen LogP contribution in [0.4, 0.5) is 5.69 Å². The molecular weight excluding hydrogens is 356 g/mol. The molecule has 0 aromatic heterocycles. The minimum Gasteiger partial charge on any atom is -0.334 e. The monoisotopic (exact) mass is 378 g/mol. The highest BCUT2D eigenvalue weighted by Crippen LogP contribution is 2.15. The fourth-order valence-corrected chi connectivity index (χ4v) is 2.51. The maximum Gasteiger partial charge on any atom is 0.270 e. The normalized spacial score (nSPS) is 10.8. The molecule has 0 heterocycles. The van der Waals surface area contributed by atoms with E-state index in [9.17, 15) is 14.9 Å². The van der Waals surface area contributed by atoms with E-state index in [1.807, 2.05) is 31.1 Å². The van der Waals surface area contributed by atoms with Crippen LogP contribution < -0.4 is 0 Å². The number of likely N-dealkylation sites (N-methyl/N-ethyl adjacent to an activating group) is 1. The summed E-state index contributed by atoms with van der Waals surface area (Å²) in [6, 6.07) is 15.3. The van der Waals surface area contributed by atoms with Crippen molar-refractivity contribution in [2.75, 3.05) is 27.2 Å². The van der Waals surface area contributed by atoms with Crippen molar-refractivity contribution in [3.63, 3.8) is 0 Å². The van der Waals surface area contributed by atoms with E-state index in [-0.39, 0.29) is 11.6 Å². The Kier molecular flexibility index (Phi) is 7.43. The summed E-state index contributed by atoms with van der Waals surface area (Å²) in [5.74, 6) is -0.183. The van der Waals surface area contributed by atoms with Crippen LogP contribution in [-0.4, -0.2) is 47.8 Å². The van der Waals surface area contributed by atoms with Crippen molar-refractivity contribution >= 4 is 17.7 Å². The first-order chi connectivity index (χ1) is 13.4. The van der Waals surface area contributed by atoms with E-state index in [1.165, 1.54) is 18.2 Å². The Morgan fingerprint density at radius 2 is 1.89 bits per heavy atom. The van der Waals surface area contributed by atoms with E-state index >= 15 is 0 Å². The molecule has 0 aliphatic carbocycles. The number of benzene rings is 2. The van der Waals surface area contributed by atoms with Crippen molar-refractivity contribution in [3.8, 4) is 6.07 Å². The van der Waals surface area contributed by atoms with Crippen molar-refractivity contribution < 1.29 is 9.72 Å². The van der Waals surface area contributed by atoms with Crippen molar-refractivity contribution in [1.29, 1.82) is 5.26 Å². The first-order valence-corrected chi connectivity index (χ1v) is 8.74. The lowest BCUT2D eigenvalue weighted by atomic mass is 10.1. The van der Waals surface area contributed by atoms with E-state index in [1.54, 1.807) is 35.2 Å². The lowest BCUT2D eigenvalue weighted by Crippen LogP contribution is -2.35. The topological polar surface area (TPSA) is 90.5 Å². The molecule has 0 N–H and O–H groups in total. The maximum absolute atomic E-state index is 12.7. The molecular formula is C21H22N4O3. The van der Waals surface area contributed by atoms with Crippen LogP contribution in [0.25, 0.3) is 6.08 Å². The second kappa shape index (κ2) is 10.00. The standard InChI is InChI=1S/C21H22N4O3/c1-23(2)12-13-24(16-19-8-6-18(15-22)7-9-19)21(26)11-10-17-4-3-5-20(14-17)25(27)28/h3-11,14H,12-13,16H2,1-2H3. The molecule has 0 radical (unpaired) electrons. The number of nitro groups is 1. The quantitative estimate of drug-likeness (QED) is 0.400. The molecule has 1 amide bonds. The number of nitriles is 1. The molecule has 0 spiro atoms. The highest BCUT2D eigenvalue weighted by atomic mass is 16.6. The molecule has 0 fully saturated rings. The predicted octanol–water partition coefficient (Wildman–Crippen LogP) is 3.07. The predicted molar refractivity (Wildman–Crippen MR) is 107 cm³/mol. The fourth-order valence-electron chi connectivity index (χ4n) is 2.51. The molecule has 0 unspecified atom stereocenters. The van der Waals surface area contributed by atoms with E-state index < -0.39 is 4.92 Å². The first kappa shape index (κ1) is 20.8. The van der Waals surface area contributed by atoms with Crippen LogP contribution in [0, 0.1) is 21.4 Å². The van der Waals surface area contributed by atoms with Crippen molar-refractivity contribution in [3.05, 3.63) is 81.4 Å². The Labute approximate surface area is 164 Å².